The molecule has 5 heteroatoms. The number of hydrogen-bond acceptors (Lipinski definition) is 3. The molecule has 0 amide bonds. The Labute approximate surface area is 144 Å². The highest BCUT2D eigenvalue weighted by molar-refractivity contribution is 6.21. The first-order valence-corrected chi connectivity index (χ1v) is 8.08. The second kappa shape index (κ2) is 5.94. The molecule has 1 aromatic heterocycles. The second-order valence-electron chi connectivity index (χ2n) is 6.09. The number of phenols is 1. The Balaban J connectivity index is 1.77. The number of hydrogen-bond donors (Lipinski definition) is 3. The van der Waals surface area contributed by atoms with E-state index in [1.54, 1.807) is 18.3 Å². The Morgan fingerprint density at radius 3 is 2.64 bits per heavy atom. The quantitative estimate of drug-likeness (QED) is 0.682. The molecule has 0 spiro atoms. The van der Waals surface area contributed by atoms with E-state index in [0.29, 0.717) is 5.56 Å². The standard InChI is InChI=1S/C20H17N3O2/c1-12(13-6-8-15(24)9-7-13)19-17(20(25)23-22-19)10-14-11-21-18-5-3-2-4-16(14)18/h2-12,24H,1H3,(H2,22,23,25)/b14-10-. The van der Waals surface area contributed by atoms with Crippen molar-refractivity contribution in [1.29, 1.82) is 0 Å². The third-order valence-corrected chi connectivity index (χ3v) is 4.53. The molecular formula is C20H17N3O2. The minimum absolute atomic E-state index is 0.0278. The van der Waals surface area contributed by atoms with E-state index in [1.165, 1.54) is 0 Å². The van der Waals surface area contributed by atoms with Crippen LogP contribution in [0.3, 0.4) is 0 Å². The Bertz CT molecular complexity index is 1040. The lowest BCUT2D eigenvalue weighted by Gasteiger charge is -2.11. The molecule has 1 atom stereocenters. The average molecular weight is 331 g/mol. The van der Waals surface area contributed by atoms with Gasteiger partial charge in [-0.1, -0.05) is 37.3 Å². The van der Waals surface area contributed by atoms with Crippen molar-refractivity contribution in [3.63, 3.8) is 0 Å². The van der Waals surface area contributed by atoms with E-state index in [2.05, 4.69) is 15.2 Å². The third kappa shape index (κ3) is 2.70. The zero-order chi connectivity index (χ0) is 17.4. The number of phenolic OH excluding ortho intramolecular Hbond substituents is 1. The SMILES string of the molecule is CC(c1ccc(O)cc1)c1[nH][nH]c(=O)c1/C=C1/C=Nc2ccccc21. The van der Waals surface area contributed by atoms with Gasteiger partial charge in [0.2, 0.25) is 0 Å². The number of rotatable bonds is 3. The van der Waals surface area contributed by atoms with Crippen molar-refractivity contribution in [1.82, 2.24) is 10.2 Å². The Hall–Kier alpha value is -3.34. The molecule has 2 aromatic carbocycles. The van der Waals surface area contributed by atoms with Crippen LogP contribution in [0.1, 0.15) is 35.2 Å². The van der Waals surface area contributed by atoms with E-state index >= 15 is 0 Å². The molecule has 2 heterocycles. The second-order valence-corrected chi connectivity index (χ2v) is 6.09. The molecule has 3 N–H and O–H groups in total. The smallest absolute Gasteiger partial charge is 0.271 e. The number of aromatic amines is 2. The summed E-state index contributed by atoms with van der Waals surface area (Å²) >= 11 is 0. The minimum atomic E-state index is -0.161. The first-order chi connectivity index (χ1) is 12.1. The third-order valence-electron chi connectivity index (χ3n) is 4.53. The molecule has 124 valence electrons. The maximum absolute atomic E-state index is 12.3. The molecule has 0 bridgehead atoms. The Kier molecular flexibility index (Phi) is 3.61. The van der Waals surface area contributed by atoms with E-state index in [9.17, 15) is 9.90 Å². The van der Waals surface area contributed by atoms with Crippen LogP contribution in [0.4, 0.5) is 5.69 Å². The van der Waals surface area contributed by atoms with Crippen molar-refractivity contribution in [3.8, 4) is 5.75 Å². The molecule has 5 nitrogen and oxygen atoms in total. The number of nitrogens with zero attached hydrogens (tertiary/aromatic N) is 1. The molecule has 1 unspecified atom stereocenters. The van der Waals surface area contributed by atoms with Crippen LogP contribution in [0.15, 0.2) is 58.3 Å². The lowest BCUT2D eigenvalue weighted by molar-refractivity contribution is 0.475. The molecule has 0 radical (unpaired) electrons. The molecule has 0 fully saturated rings. The van der Waals surface area contributed by atoms with Crippen molar-refractivity contribution in [3.05, 3.63) is 81.3 Å². The fourth-order valence-electron chi connectivity index (χ4n) is 3.11. The summed E-state index contributed by atoms with van der Waals surface area (Å²) in [4.78, 5) is 16.7. The molecule has 1 aliphatic heterocycles. The molecular weight excluding hydrogens is 314 g/mol. The number of para-hydroxylation sites is 1. The predicted molar refractivity (Wildman–Crippen MR) is 99.5 cm³/mol. The van der Waals surface area contributed by atoms with Crippen LogP contribution in [0.25, 0.3) is 11.6 Å². The predicted octanol–water partition coefficient (Wildman–Crippen LogP) is 3.82. The number of allylic oxidation sites excluding steroid dienone is 1. The van der Waals surface area contributed by atoms with E-state index in [0.717, 1.165) is 28.1 Å². The van der Waals surface area contributed by atoms with Crippen LogP contribution in [-0.2, 0) is 0 Å². The first kappa shape index (κ1) is 15.2. The van der Waals surface area contributed by atoms with Gasteiger partial charge in [0.25, 0.3) is 5.56 Å². The van der Waals surface area contributed by atoms with Gasteiger partial charge < -0.3 is 10.2 Å². The lowest BCUT2D eigenvalue weighted by Crippen LogP contribution is -2.05. The van der Waals surface area contributed by atoms with Gasteiger partial charge in [-0.15, -0.1) is 0 Å². The topological polar surface area (TPSA) is 81.2 Å². The van der Waals surface area contributed by atoms with Gasteiger partial charge in [-0.2, -0.15) is 0 Å². The zero-order valence-corrected chi connectivity index (χ0v) is 13.7. The van der Waals surface area contributed by atoms with E-state index in [-0.39, 0.29) is 17.2 Å². The highest BCUT2D eigenvalue weighted by atomic mass is 16.3. The fraction of sp³-hybridized carbons (Fsp3) is 0.100. The monoisotopic (exact) mass is 331 g/mol. The van der Waals surface area contributed by atoms with E-state index in [1.807, 2.05) is 49.4 Å². The largest absolute Gasteiger partial charge is 0.508 e. The van der Waals surface area contributed by atoms with Crippen molar-refractivity contribution in [2.24, 2.45) is 4.99 Å². The van der Waals surface area contributed by atoms with Gasteiger partial charge in [0, 0.05) is 23.3 Å². The summed E-state index contributed by atoms with van der Waals surface area (Å²) < 4.78 is 0. The summed E-state index contributed by atoms with van der Waals surface area (Å²) in [5.74, 6) is 0.194. The van der Waals surface area contributed by atoms with Gasteiger partial charge in [-0.25, -0.2) is 0 Å². The van der Waals surface area contributed by atoms with Crippen molar-refractivity contribution < 1.29 is 5.11 Å². The molecule has 25 heavy (non-hydrogen) atoms. The lowest BCUT2D eigenvalue weighted by atomic mass is 9.94. The summed E-state index contributed by atoms with van der Waals surface area (Å²) in [6, 6.07) is 14.9. The summed E-state index contributed by atoms with van der Waals surface area (Å²) in [6.45, 7) is 2.02. The van der Waals surface area contributed by atoms with Crippen LogP contribution < -0.4 is 5.56 Å². The summed E-state index contributed by atoms with van der Waals surface area (Å²) in [6.07, 6.45) is 3.66. The van der Waals surface area contributed by atoms with Crippen LogP contribution in [0.5, 0.6) is 5.75 Å². The van der Waals surface area contributed by atoms with Crippen molar-refractivity contribution in [2.75, 3.05) is 0 Å². The van der Waals surface area contributed by atoms with Crippen molar-refractivity contribution >= 4 is 23.6 Å². The Morgan fingerprint density at radius 2 is 1.84 bits per heavy atom. The summed E-state index contributed by atoms with van der Waals surface area (Å²) in [5.41, 5.74) is 5.10. The van der Waals surface area contributed by atoms with Gasteiger partial charge >= 0.3 is 0 Å². The van der Waals surface area contributed by atoms with Crippen LogP contribution in [0.2, 0.25) is 0 Å². The number of H-pyrrole nitrogens is 2. The van der Waals surface area contributed by atoms with E-state index in [4.69, 9.17) is 0 Å². The highest BCUT2D eigenvalue weighted by Crippen LogP contribution is 2.33. The van der Waals surface area contributed by atoms with E-state index < -0.39 is 0 Å². The molecule has 0 aliphatic carbocycles. The Morgan fingerprint density at radius 1 is 1.08 bits per heavy atom. The van der Waals surface area contributed by atoms with Gasteiger partial charge in [0.05, 0.1) is 16.9 Å². The maximum atomic E-state index is 12.3. The molecule has 0 saturated heterocycles. The van der Waals surface area contributed by atoms with Crippen molar-refractivity contribution in [2.45, 2.75) is 12.8 Å². The maximum Gasteiger partial charge on any atom is 0.271 e. The summed E-state index contributed by atoms with van der Waals surface area (Å²) in [7, 11) is 0. The van der Waals surface area contributed by atoms with Crippen LogP contribution in [0, 0.1) is 0 Å². The molecule has 0 saturated carbocycles. The number of benzene rings is 2. The number of fused-ring (bicyclic) bond motifs is 1. The molecule has 3 aromatic rings. The summed E-state index contributed by atoms with van der Waals surface area (Å²) in [5, 5.41) is 15.1. The van der Waals surface area contributed by atoms with Gasteiger partial charge in [-0.3, -0.25) is 14.9 Å². The van der Waals surface area contributed by atoms with Gasteiger partial charge in [0.15, 0.2) is 0 Å². The van der Waals surface area contributed by atoms with Crippen LogP contribution >= 0.6 is 0 Å². The first-order valence-electron chi connectivity index (χ1n) is 8.08. The minimum Gasteiger partial charge on any atom is -0.508 e. The van der Waals surface area contributed by atoms with Crippen LogP contribution in [-0.4, -0.2) is 21.5 Å². The molecule has 4 rings (SSSR count). The highest BCUT2D eigenvalue weighted by Gasteiger charge is 2.19. The number of aromatic nitrogens is 2. The molecule has 1 aliphatic rings. The van der Waals surface area contributed by atoms with Gasteiger partial charge in [0.1, 0.15) is 5.75 Å². The van der Waals surface area contributed by atoms with Gasteiger partial charge in [-0.05, 0) is 29.8 Å². The fourth-order valence-corrected chi connectivity index (χ4v) is 3.11. The average Bonchev–Trinajstić information content (AvgIpc) is 3.20. The number of nitrogens with one attached hydrogen (secondary N) is 2. The number of aromatic hydroxyl groups is 1. The zero-order valence-electron chi connectivity index (χ0n) is 13.7. The normalized spacial score (nSPS) is 15.5. The number of aliphatic imine (C=N–C) groups is 1.